The van der Waals surface area contributed by atoms with Crippen molar-refractivity contribution < 1.29 is 9.90 Å². The van der Waals surface area contributed by atoms with Crippen LogP contribution in [0.5, 0.6) is 0 Å². The van der Waals surface area contributed by atoms with E-state index in [1.165, 1.54) is 23.6 Å². The van der Waals surface area contributed by atoms with E-state index in [0.29, 0.717) is 11.5 Å². The van der Waals surface area contributed by atoms with Gasteiger partial charge in [-0.15, -0.1) is 0 Å². The fraction of sp³-hybridized carbons (Fsp3) is 0.280. The molecule has 0 saturated carbocycles. The minimum absolute atomic E-state index is 0.292. The second-order valence-corrected chi connectivity index (χ2v) is 7.40. The highest BCUT2D eigenvalue weighted by atomic mass is 16.3. The normalized spacial score (nSPS) is 12.8. The van der Waals surface area contributed by atoms with E-state index in [0.717, 1.165) is 18.9 Å². The minimum Gasteiger partial charge on any atom is -0.374 e. The van der Waals surface area contributed by atoms with E-state index in [9.17, 15) is 9.90 Å². The fourth-order valence-corrected chi connectivity index (χ4v) is 3.56. The minimum atomic E-state index is -0.896. The molecule has 2 unspecified atom stereocenters. The predicted molar refractivity (Wildman–Crippen MR) is 121 cm³/mol. The molecular weight excluding hydrogens is 374 g/mol. The van der Waals surface area contributed by atoms with Crippen LogP contribution >= 0.6 is 0 Å². The molecule has 1 aromatic heterocycles. The summed E-state index contributed by atoms with van der Waals surface area (Å²) in [6, 6.07) is 22.6. The Morgan fingerprint density at radius 2 is 1.73 bits per heavy atom. The Morgan fingerprint density at radius 1 is 1.03 bits per heavy atom. The number of benzene rings is 2. The van der Waals surface area contributed by atoms with Crippen molar-refractivity contribution in [2.24, 2.45) is 0 Å². The summed E-state index contributed by atoms with van der Waals surface area (Å²) in [5.74, 6) is 0.767. The molecule has 156 valence electrons. The second-order valence-electron chi connectivity index (χ2n) is 7.40. The van der Waals surface area contributed by atoms with E-state index in [4.69, 9.17) is 0 Å². The first-order chi connectivity index (χ1) is 14.5. The summed E-state index contributed by atoms with van der Waals surface area (Å²) >= 11 is 0. The molecule has 0 aliphatic rings. The Morgan fingerprint density at radius 3 is 2.37 bits per heavy atom. The summed E-state index contributed by atoms with van der Waals surface area (Å²) in [5, 5.41) is 11.8. The zero-order valence-corrected chi connectivity index (χ0v) is 17.7. The number of aliphatic hydroxyl groups excluding tert-OH is 1. The molecule has 0 aliphatic heterocycles. The molecular formula is C25H29N3O2. The van der Waals surface area contributed by atoms with Gasteiger partial charge in [-0.2, -0.15) is 0 Å². The summed E-state index contributed by atoms with van der Waals surface area (Å²) < 4.78 is 0. The van der Waals surface area contributed by atoms with E-state index in [1.807, 2.05) is 12.1 Å². The van der Waals surface area contributed by atoms with Gasteiger partial charge in [0.2, 0.25) is 0 Å². The zero-order chi connectivity index (χ0) is 21.5. The van der Waals surface area contributed by atoms with Crippen LogP contribution in [0.15, 0.2) is 72.9 Å². The highest BCUT2D eigenvalue weighted by Crippen LogP contribution is 2.28. The van der Waals surface area contributed by atoms with Gasteiger partial charge in [-0.3, -0.25) is 4.79 Å². The first-order valence-electron chi connectivity index (χ1n) is 10.3. The lowest BCUT2D eigenvalue weighted by atomic mass is 9.89. The summed E-state index contributed by atoms with van der Waals surface area (Å²) in [7, 11) is 0. The molecule has 2 atom stereocenters. The summed E-state index contributed by atoms with van der Waals surface area (Å²) in [5.41, 5.74) is 4.27. The SMILES string of the molecule is CCN(Cc1ccccc1C(C)c1ccccc1)c1ccc(C(=O)NC(C)O)cn1. The van der Waals surface area contributed by atoms with Crippen LogP contribution in [0, 0.1) is 0 Å². The van der Waals surface area contributed by atoms with Crippen molar-refractivity contribution in [2.45, 2.75) is 39.5 Å². The van der Waals surface area contributed by atoms with Crippen molar-refractivity contribution in [1.29, 1.82) is 0 Å². The van der Waals surface area contributed by atoms with Crippen LogP contribution in [0.4, 0.5) is 5.82 Å². The highest BCUT2D eigenvalue weighted by Gasteiger charge is 2.16. The summed E-state index contributed by atoms with van der Waals surface area (Å²) in [4.78, 5) is 18.7. The Balaban J connectivity index is 1.80. The lowest BCUT2D eigenvalue weighted by Gasteiger charge is -2.25. The number of anilines is 1. The third-order valence-corrected chi connectivity index (χ3v) is 5.24. The maximum absolute atomic E-state index is 12.0. The van der Waals surface area contributed by atoms with Gasteiger partial charge in [0.15, 0.2) is 0 Å². The topological polar surface area (TPSA) is 65.5 Å². The fourth-order valence-electron chi connectivity index (χ4n) is 3.56. The molecule has 1 amide bonds. The maximum atomic E-state index is 12.0. The number of hydrogen-bond donors (Lipinski definition) is 2. The van der Waals surface area contributed by atoms with E-state index in [-0.39, 0.29) is 5.91 Å². The summed E-state index contributed by atoms with van der Waals surface area (Å²) in [6.45, 7) is 7.36. The van der Waals surface area contributed by atoms with Crippen LogP contribution in [0.3, 0.4) is 0 Å². The van der Waals surface area contributed by atoms with Gasteiger partial charge in [-0.1, -0.05) is 61.5 Å². The van der Waals surface area contributed by atoms with Crippen molar-refractivity contribution in [3.05, 3.63) is 95.2 Å². The third-order valence-electron chi connectivity index (χ3n) is 5.24. The average molecular weight is 404 g/mol. The average Bonchev–Trinajstić information content (AvgIpc) is 2.77. The smallest absolute Gasteiger partial charge is 0.254 e. The third kappa shape index (κ3) is 5.24. The zero-order valence-electron chi connectivity index (χ0n) is 17.7. The number of rotatable bonds is 8. The summed E-state index contributed by atoms with van der Waals surface area (Å²) in [6.07, 6.45) is 0.654. The number of carbonyl (C=O) groups excluding carboxylic acids is 1. The molecule has 1 heterocycles. The van der Waals surface area contributed by atoms with E-state index < -0.39 is 6.23 Å². The monoisotopic (exact) mass is 403 g/mol. The second kappa shape index (κ2) is 10.0. The Hall–Kier alpha value is -3.18. The predicted octanol–water partition coefficient (Wildman–Crippen LogP) is 4.33. The number of nitrogens with one attached hydrogen (secondary N) is 1. The number of nitrogens with zero attached hydrogens (tertiary/aromatic N) is 2. The van der Waals surface area contributed by atoms with Gasteiger partial charge < -0.3 is 15.3 Å². The molecule has 5 nitrogen and oxygen atoms in total. The molecule has 2 aromatic carbocycles. The van der Waals surface area contributed by atoms with Gasteiger partial charge in [-0.05, 0) is 42.7 Å². The Kier molecular flexibility index (Phi) is 7.20. The van der Waals surface area contributed by atoms with Gasteiger partial charge in [0.05, 0.1) is 5.56 Å². The lowest BCUT2D eigenvalue weighted by Crippen LogP contribution is -2.32. The van der Waals surface area contributed by atoms with Gasteiger partial charge >= 0.3 is 0 Å². The van der Waals surface area contributed by atoms with Crippen molar-refractivity contribution in [2.75, 3.05) is 11.4 Å². The number of carbonyl (C=O) groups is 1. The first kappa shape index (κ1) is 21.5. The first-order valence-corrected chi connectivity index (χ1v) is 10.3. The highest BCUT2D eigenvalue weighted by molar-refractivity contribution is 5.94. The quantitative estimate of drug-likeness (QED) is 0.550. The van der Waals surface area contributed by atoms with Crippen LogP contribution in [0.2, 0.25) is 0 Å². The van der Waals surface area contributed by atoms with Crippen LogP contribution in [-0.2, 0) is 6.54 Å². The number of aromatic nitrogens is 1. The molecule has 30 heavy (non-hydrogen) atoms. The standard InChI is InChI=1S/C25H29N3O2/c1-4-28(24-15-14-21(16-26-24)25(30)27-19(3)29)17-22-12-8-9-13-23(22)18(2)20-10-6-5-7-11-20/h5-16,18-19,29H,4,17H2,1-3H3,(H,27,30). The molecule has 5 heteroatoms. The number of pyridine rings is 1. The molecule has 0 fully saturated rings. The van der Waals surface area contributed by atoms with Crippen LogP contribution < -0.4 is 10.2 Å². The van der Waals surface area contributed by atoms with Crippen LogP contribution in [0.1, 0.15) is 53.7 Å². The Labute approximate surface area is 178 Å². The largest absolute Gasteiger partial charge is 0.374 e. The number of hydrogen-bond acceptors (Lipinski definition) is 4. The van der Waals surface area contributed by atoms with Gasteiger partial charge in [-0.25, -0.2) is 4.98 Å². The van der Waals surface area contributed by atoms with Gasteiger partial charge in [0.25, 0.3) is 5.91 Å². The van der Waals surface area contributed by atoms with Crippen LogP contribution in [0.25, 0.3) is 0 Å². The number of amides is 1. The van der Waals surface area contributed by atoms with Crippen molar-refractivity contribution in [3.63, 3.8) is 0 Å². The molecule has 3 rings (SSSR count). The Bertz CT molecular complexity index is 956. The van der Waals surface area contributed by atoms with E-state index in [2.05, 4.69) is 77.6 Å². The molecule has 0 spiro atoms. The van der Waals surface area contributed by atoms with Gasteiger partial charge in [0.1, 0.15) is 12.0 Å². The number of aliphatic hydroxyl groups is 1. The molecule has 2 N–H and O–H groups in total. The molecule has 0 aliphatic carbocycles. The van der Waals surface area contributed by atoms with Gasteiger partial charge in [0, 0.05) is 25.2 Å². The lowest BCUT2D eigenvalue weighted by molar-refractivity contribution is 0.0818. The van der Waals surface area contributed by atoms with Crippen LogP contribution in [-0.4, -0.2) is 28.8 Å². The van der Waals surface area contributed by atoms with E-state index in [1.54, 1.807) is 12.3 Å². The maximum Gasteiger partial charge on any atom is 0.254 e. The van der Waals surface area contributed by atoms with Crippen molar-refractivity contribution in [1.82, 2.24) is 10.3 Å². The van der Waals surface area contributed by atoms with Crippen molar-refractivity contribution >= 4 is 11.7 Å². The molecule has 0 saturated heterocycles. The molecule has 0 radical (unpaired) electrons. The van der Waals surface area contributed by atoms with Crippen molar-refractivity contribution in [3.8, 4) is 0 Å². The molecule has 3 aromatic rings. The molecule has 0 bridgehead atoms. The van der Waals surface area contributed by atoms with E-state index >= 15 is 0 Å².